The van der Waals surface area contributed by atoms with Crippen LogP contribution in [0, 0.1) is 5.92 Å². The second kappa shape index (κ2) is 5.46. The lowest BCUT2D eigenvalue weighted by Crippen LogP contribution is -2.22. The van der Waals surface area contributed by atoms with Crippen molar-refractivity contribution < 1.29 is 4.79 Å². The fraction of sp³-hybridized carbons (Fsp3) is 0.909. The molecule has 0 N–H and O–H groups in total. The van der Waals surface area contributed by atoms with Crippen LogP contribution in [0.2, 0.25) is 5.82 Å². The molecular formula is C11H20BO. The summed E-state index contributed by atoms with van der Waals surface area (Å²) in [7, 11) is 1.94. The van der Waals surface area contributed by atoms with E-state index in [4.69, 9.17) is 0 Å². The maximum atomic E-state index is 11.0. The van der Waals surface area contributed by atoms with Crippen molar-refractivity contribution in [2.45, 2.75) is 58.2 Å². The number of rotatable bonds is 4. The van der Waals surface area contributed by atoms with Gasteiger partial charge in [-0.15, -0.1) is 0 Å². The van der Waals surface area contributed by atoms with Crippen LogP contribution in [0.3, 0.4) is 0 Å². The Hall–Kier alpha value is -0.265. The summed E-state index contributed by atoms with van der Waals surface area (Å²) in [6, 6.07) is 0. The van der Waals surface area contributed by atoms with Gasteiger partial charge in [0.2, 0.25) is 7.28 Å². The largest absolute Gasteiger partial charge is 0.312 e. The fourth-order valence-electron chi connectivity index (χ4n) is 2.45. The number of hydrogen-bond acceptors (Lipinski definition) is 1. The van der Waals surface area contributed by atoms with E-state index >= 15 is 0 Å². The molecule has 1 saturated carbocycles. The zero-order valence-corrected chi connectivity index (χ0v) is 8.88. The summed E-state index contributed by atoms with van der Waals surface area (Å²) in [5.74, 6) is 1.35. The quantitative estimate of drug-likeness (QED) is 0.606. The van der Waals surface area contributed by atoms with Crippen LogP contribution in [0.5, 0.6) is 0 Å². The van der Waals surface area contributed by atoms with Crippen molar-refractivity contribution in [2.24, 2.45) is 5.92 Å². The van der Waals surface area contributed by atoms with Gasteiger partial charge in [-0.2, -0.15) is 0 Å². The van der Waals surface area contributed by atoms with Gasteiger partial charge in [0.15, 0.2) is 0 Å². The first-order chi connectivity index (χ1) is 6.24. The summed E-state index contributed by atoms with van der Waals surface area (Å²) >= 11 is 0. The Morgan fingerprint density at radius 2 is 2.00 bits per heavy atom. The molecule has 13 heavy (non-hydrogen) atoms. The Kier molecular flexibility index (Phi) is 4.54. The maximum absolute atomic E-state index is 11.0. The Balaban J connectivity index is 2.39. The van der Waals surface area contributed by atoms with Crippen LogP contribution in [0.25, 0.3) is 0 Å². The standard InChI is InChI=1S/C11H20BO/c1-3-11(12-9(2)13)10-7-5-4-6-8-10/h10-11H,3-8H2,1-2H3. The molecule has 1 fully saturated rings. The third-order valence-electron chi connectivity index (χ3n) is 3.18. The monoisotopic (exact) mass is 179 g/mol. The van der Waals surface area contributed by atoms with E-state index < -0.39 is 0 Å². The van der Waals surface area contributed by atoms with E-state index in [0.29, 0.717) is 5.82 Å². The summed E-state index contributed by atoms with van der Waals surface area (Å²) in [5, 5.41) is 0. The van der Waals surface area contributed by atoms with Crippen LogP contribution in [0.15, 0.2) is 0 Å². The molecule has 0 heterocycles. The first kappa shape index (κ1) is 10.8. The zero-order valence-electron chi connectivity index (χ0n) is 8.88. The first-order valence-corrected chi connectivity index (χ1v) is 5.59. The SMILES string of the molecule is CCC([B]C(C)=O)C1CCCCC1. The summed E-state index contributed by atoms with van der Waals surface area (Å²) in [6.45, 7) is 3.87. The number of carbonyl (C=O) groups is 1. The molecule has 1 aliphatic rings. The van der Waals surface area contributed by atoms with Crippen molar-refractivity contribution in [3.05, 3.63) is 0 Å². The molecule has 0 aromatic heterocycles. The molecular weight excluding hydrogens is 159 g/mol. The highest BCUT2D eigenvalue weighted by Crippen LogP contribution is 2.34. The second-order valence-corrected chi connectivity index (χ2v) is 4.25. The Morgan fingerprint density at radius 3 is 2.46 bits per heavy atom. The minimum Gasteiger partial charge on any atom is -0.312 e. The maximum Gasteiger partial charge on any atom is 0.205 e. The summed E-state index contributed by atoms with van der Waals surface area (Å²) in [4.78, 5) is 11.0. The second-order valence-electron chi connectivity index (χ2n) is 4.25. The predicted octanol–water partition coefficient (Wildman–Crippen LogP) is 3.02. The van der Waals surface area contributed by atoms with E-state index in [1.165, 1.54) is 32.1 Å². The van der Waals surface area contributed by atoms with Gasteiger partial charge in [0, 0.05) is 0 Å². The van der Waals surface area contributed by atoms with Gasteiger partial charge in [-0.3, -0.25) is 0 Å². The average molecular weight is 179 g/mol. The molecule has 0 aromatic rings. The van der Waals surface area contributed by atoms with Gasteiger partial charge < -0.3 is 4.79 Å². The predicted molar refractivity (Wildman–Crippen MR) is 57.1 cm³/mol. The van der Waals surface area contributed by atoms with Crippen LogP contribution < -0.4 is 0 Å². The number of carbonyl (C=O) groups excluding carboxylic acids is 1. The summed E-state index contributed by atoms with van der Waals surface area (Å²) in [6.07, 6.45) is 7.93. The van der Waals surface area contributed by atoms with Crippen LogP contribution in [0.4, 0.5) is 0 Å². The molecule has 0 saturated heterocycles. The summed E-state index contributed by atoms with van der Waals surface area (Å²) in [5.41, 5.74) is 0.248. The highest BCUT2D eigenvalue weighted by Gasteiger charge is 2.23. The van der Waals surface area contributed by atoms with Crippen molar-refractivity contribution in [1.82, 2.24) is 0 Å². The van der Waals surface area contributed by atoms with E-state index in [-0.39, 0.29) is 5.68 Å². The van der Waals surface area contributed by atoms with Crippen LogP contribution in [-0.4, -0.2) is 13.0 Å². The molecule has 1 unspecified atom stereocenters. The molecule has 0 amide bonds. The lowest BCUT2D eigenvalue weighted by atomic mass is 9.53. The van der Waals surface area contributed by atoms with E-state index in [9.17, 15) is 4.79 Å². The first-order valence-electron chi connectivity index (χ1n) is 5.59. The van der Waals surface area contributed by atoms with Gasteiger partial charge in [0.25, 0.3) is 0 Å². The lowest BCUT2D eigenvalue weighted by Gasteiger charge is -2.28. The van der Waals surface area contributed by atoms with E-state index in [1.807, 2.05) is 7.28 Å². The van der Waals surface area contributed by atoms with E-state index in [2.05, 4.69) is 6.92 Å². The molecule has 0 aliphatic heterocycles. The van der Waals surface area contributed by atoms with Crippen LogP contribution >= 0.6 is 0 Å². The van der Waals surface area contributed by atoms with Crippen molar-refractivity contribution in [3.63, 3.8) is 0 Å². The smallest absolute Gasteiger partial charge is 0.205 e. The molecule has 1 aliphatic carbocycles. The highest BCUT2D eigenvalue weighted by atomic mass is 16.1. The van der Waals surface area contributed by atoms with Gasteiger partial charge in [-0.25, -0.2) is 0 Å². The van der Waals surface area contributed by atoms with Gasteiger partial charge >= 0.3 is 0 Å². The van der Waals surface area contributed by atoms with Gasteiger partial charge in [-0.1, -0.05) is 51.3 Å². The van der Waals surface area contributed by atoms with E-state index in [0.717, 1.165) is 12.3 Å². The Bertz CT molecular complexity index is 161. The Morgan fingerprint density at radius 1 is 1.38 bits per heavy atom. The molecule has 0 bridgehead atoms. The molecule has 0 aromatic carbocycles. The van der Waals surface area contributed by atoms with E-state index in [1.54, 1.807) is 6.92 Å². The average Bonchev–Trinajstić information content (AvgIpc) is 2.15. The molecule has 2 heteroatoms. The molecule has 1 atom stereocenters. The fourth-order valence-corrected chi connectivity index (χ4v) is 2.45. The third-order valence-corrected chi connectivity index (χ3v) is 3.18. The third kappa shape index (κ3) is 3.54. The zero-order chi connectivity index (χ0) is 9.68. The van der Waals surface area contributed by atoms with Crippen molar-refractivity contribution in [2.75, 3.05) is 0 Å². The molecule has 1 rings (SSSR count). The van der Waals surface area contributed by atoms with Gasteiger partial charge in [0.05, 0.1) is 5.68 Å². The molecule has 0 spiro atoms. The summed E-state index contributed by atoms with van der Waals surface area (Å²) < 4.78 is 0. The van der Waals surface area contributed by atoms with Crippen molar-refractivity contribution >= 4 is 13.0 Å². The molecule has 1 radical (unpaired) electrons. The topological polar surface area (TPSA) is 17.1 Å². The van der Waals surface area contributed by atoms with Crippen LogP contribution in [0.1, 0.15) is 52.4 Å². The van der Waals surface area contributed by atoms with Crippen LogP contribution in [-0.2, 0) is 4.79 Å². The molecule has 73 valence electrons. The van der Waals surface area contributed by atoms with Gasteiger partial charge in [-0.05, 0) is 12.8 Å². The Labute approximate surface area is 82.5 Å². The number of hydrogen-bond donors (Lipinski definition) is 0. The minimum absolute atomic E-state index is 0.248. The van der Waals surface area contributed by atoms with Crippen molar-refractivity contribution in [3.8, 4) is 0 Å². The minimum atomic E-state index is 0.248. The lowest BCUT2D eigenvalue weighted by molar-refractivity contribution is -0.110. The van der Waals surface area contributed by atoms with Gasteiger partial charge in [0.1, 0.15) is 0 Å². The normalized spacial score (nSPS) is 21.1. The molecule has 1 nitrogen and oxygen atoms in total. The highest BCUT2D eigenvalue weighted by molar-refractivity contribution is 6.74. The van der Waals surface area contributed by atoms with Crippen molar-refractivity contribution in [1.29, 1.82) is 0 Å².